The second kappa shape index (κ2) is 8.03. The molecule has 5 heterocycles. The highest BCUT2D eigenvalue weighted by atomic mass is 35.5. The first-order valence-electron chi connectivity index (χ1n) is 11.6. The number of nitrogens with one attached hydrogen (secondary N) is 1. The number of aromatic nitrogens is 4. The van der Waals surface area contributed by atoms with Crippen LogP contribution in [0.2, 0.25) is 5.02 Å². The Balaban J connectivity index is 1.34. The molecular weight excluding hydrogens is 486 g/mol. The Labute approximate surface area is 203 Å². The molecule has 1 saturated carbocycles. The Morgan fingerprint density at radius 2 is 1.85 bits per heavy atom. The Morgan fingerprint density at radius 3 is 2.44 bits per heavy atom. The maximum absolute atomic E-state index is 14.4. The van der Waals surface area contributed by atoms with Crippen molar-refractivity contribution in [3.05, 3.63) is 28.9 Å². The number of anilines is 2. The molecule has 2 N–H and O–H groups in total. The molecule has 34 heavy (non-hydrogen) atoms. The molecule has 2 aromatic rings. The fourth-order valence-electron chi connectivity index (χ4n) is 5.83. The van der Waals surface area contributed by atoms with E-state index >= 15 is 0 Å². The van der Waals surface area contributed by atoms with Gasteiger partial charge in [0.25, 0.3) is 0 Å². The van der Waals surface area contributed by atoms with E-state index < -0.39 is 28.0 Å². The summed E-state index contributed by atoms with van der Waals surface area (Å²) >= 11 is 5.94. The summed E-state index contributed by atoms with van der Waals surface area (Å²) in [5, 5.41) is 10.2. The summed E-state index contributed by atoms with van der Waals surface area (Å²) in [4.78, 5) is 20.1. The monoisotopic (exact) mass is 510 g/mol. The van der Waals surface area contributed by atoms with Gasteiger partial charge in [0.1, 0.15) is 27.3 Å². The number of fused-ring (bicyclic) bond motifs is 3. The highest BCUT2D eigenvalue weighted by Crippen LogP contribution is 2.47. The maximum atomic E-state index is 14.4. The fraction of sp³-hybridized carbons (Fsp3) is 0.636. The van der Waals surface area contributed by atoms with Crippen molar-refractivity contribution in [2.45, 2.75) is 85.1 Å². The lowest BCUT2D eigenvalue weighted by Gasteiger charge is -2.42. The largest absolute Gasteiger partial charge is 0.394 e. The van der Waals surface area contributed by atoms with Crippen LogP contribution < -0.4 is 10.2 Å². The SMILES string of the molecule is O=[S@@]1c2c(nc(N3C4CCC3CC(c3ncc(Cl)cn3)C4)nc2NC2(CO)CCC2)CC1(F)F. The highest BCUT2D eigenvalue weighted by molar-refractivity contribution is 7.86. The number of piperidine rings is 1. The molecule has 3 fully saturated rings. The third kappa shape index (κ3) is 3.58. The van der Waals surface area contributed by atoms with Crippen molar-refractivity contribution in [3.63, 3.8) is 0 Å². The van der Waals surface area contributed by atoms with Crippen molar-refractivity contribution in [3.8, 4) is 0 Å². The minimum absolute atomic E-state index is 0.0229. The number of hydrogen-bond acceptors (Lipinski definition) is 8. The number of aliphatic hydroxyl groups is 1. The van der Waals surface area contributed by atoms with E-state index in [-0.39, 0.29) is 41.0 Å². The van der Waals surface area contributed by atoms with Crippen LogP contribution in [0.4, 0.5) is 20.5 Å². The second-order valence-corrected chi connectivity index (χ2v) is 11.8. The standard InChI is InChI=1S/C22H25ClF2N6O2S/c23-13-9-26-18(27-10-13)12-6-14-2-3-15(7-12)31(14)20-28-16-8-22(24,25)34(33)17(16)19(29-20)30-21(11-32)4-1-5-21/h9-10,12,14-15,32H,1-8,11H2,(H,28,29,30)/t12?,14?,15?,34-/m1/s1. The van der Waals surface area contributed by atoms with Crippen LogP contribution in [0, 0.1) is 0 Å². The summed E-state index contributed by atoms with van der Waals surface area (Å²) < 4.78 is 41.5. The lowest BCUT2D eigenvalue weighted by atomic mass is 9.77. The van der Waals surface area contributed by atoms with Crippen LogP contribution in [-0.2, 0) is 17.2 Å². The third-order valence-electron chi connectivity index (χ3n) is 7.72. The van der Waals surface area contributed by atoms with Gasteiger partial charge in [-0.3, -0.25) is 0 Å². The van der Waals surface area contributed by atoms with E-state index in [9.17, 15) is 18.1 Å². The van der Waals surface area contributed by atoms with Gasteiger partial charge < -0.3 is 15.3 Å². The van der Waals surface area contributed by atoms with E-state index in [0.29, 0.717) is 23.8 Å². The molecule has 1 aliphatic carbocycles. The highest BCUT2D eigenvalue weighted by Gasteiger charge is 2.51. The van der Waals surface area contributed by atoms with Gasteiger partial charge in [-0.1, -0.05) is 11.6 Å². The van der Waals surface area contributed by atoms with Crippen LogP contribution in [0.15, 0.2) is 17.3 Å². The van der Waals surface area contributed by atoms with Crippen molar-refractivity contribution >= 4 is 34.2 Å². The molecule has 4 aliphatic rings. The molecule has 2 unspecified atom stereocenters. The molecule has 2 bridgehead atoms. The van der Waals surface area contributed by atoms with Crippen molar-refractivity contribution < 1.29 is 18.1 Å². The summed E-state index contributed by atoms with van der Waals surface area (Å²) in [7, 11) is -2.53. The van der Waals surface area contributed by atoms with Crippen LogP contribution >= 0.6 is 11.6 Å². The van der Waals surface area contributed by atoms with Gasteiger partial charge >= 0.3 is 5.25 Å². The minimum atomic E-state index is -3.38. The minimum Gasteiger partial charge on any atom is -0.394 e. The molecule has 3 atom stereocenters. The first kappa shape index (κ1) is 22.5. The third-order valence-corrected chi connectivity index (χ3v) is 9.40. The molecular formula is C22H25ClF2N6O2S. The van der Waals surface area contributed by atoms with Gasteiger partial charge in [0.2, 0.25) is 5.95 Å². The van der Waals surface area contributed by atoms with Crippen LogP contribution in [0.25, 0.3) is 0 Å². The molecule has 2 saturated heterocycles. The zero-order valence-electron chi connectivity index (χ0n) is 18.4. The maximum Gasteiger partial charge on any atom is 0.331 e. The van der Waals surface area contributed by atoms with Crippen LogP contribution in [0.1, 0.15) is 62.4 Å². The predicted molar refractivity (Wildman–Crippen MR) is 123 cm³/mol. The van der Waals surface area contributed by atoms with Crippen LogP contribution in [0.5, 0.6) is 0 Å². The van der Waals surface area contributed by atoms with Gasteiger partial charge in [0.15, 0.2) is 0 Å². The molecule has 0 radical (unpaired) electrons. The zero-order valence-corrected chi connectivity index (χ0v) is 20.0. The van der Waals surface area contributed by atoms with E-state index in [1.165, 1.54) is 0 Å². The summed E-state index contributed by atoms with van der Waals surface area (Å²) in [6, 6.07) is 0.272. The smallest absolute Gasteiger partial charge is 0.331 e. The molecule has 0 amide bonds. The Kier molecular flexibility index (Phi) is 5.31. The summed E-state index contributed by atoms with van der Waals surface area (Å²) in [6.07, 6.45) is 8.40. The number of nitrogens with zero attached hydrogens (tertiary/aromatic N) is 5. The number of hydrogen-bond donors (Lipinski definition) is 2. The Hall–Kier alpha value is -1.98. The second-order valence-electron chi connectivity index (χ2n) is 9.87. The average Bonchev–Trinajstić information content (AvgIpc) is 3.18. The van der Waals surface area contributed by atoms with E-state index in [0.717, 1.165) is 37.9 Å². The molecule has 6 rings (SSSR count). The number of rotatable bonds is 5. The summed E-state index contributed by atoms with van der Waals surface area (Å²) in [5.41, 5.74) is -0.481. The first-order chi connectivity index (χ1) is 16.3. The Bertz CT molecular complexity index is 1130. The van der Waals surface area contributed by atoms with E-state index in [2.05, 4.69) is 30.2 Å². The van der Waals surface area contributed by atoms with E-state index in [1.54, 1.807) is 12.4 Å². The molecule has 8 nitrogen and oxygen atoms in total. The number of aliphatic hydroxyl groups excluding tert-OH is 1. The average molecular weight is 511 g/mol. The summed E-state index contributed by atoms with van der Waals surface area (Å²) in [5.74, 6) is 1.52. The number of alkyl halides is 2. The van der Waals surface area contributed by atoms with Gasteiger partial charge in [-0.25, -0.2) is 19.2 Å². The normalized spacial score (nSPS) is 30.6. The van der Waals surface area contributed by atoms with Gasteiger partial charge in [-0.05, 0) is 44.9 Å². The van der Waals surface area contributed by atoms with Crippen LogP contribution in [0.3, 0.4) is 0 Å². The molecule has 182 valence electrons. The molecule has 2 aromatic heterocycles. The van der Waals surface area contributed by atoms with Crippen molar-refractivity contribution in [1.29, 1.82) is 0 Å². The van der Waals surface area contributed by atoms with Crippen LogP contribution in [-0.4, -0.2) is 58.7 Å². The van der Waals surface area contributed by atoms with E-state index in [4.69, 9.17) is 11.6 Å². The van der Waals surface area contributed by atoms with Gasteiger partial charge in [-0.2, -0.15) is 13.8 Å². The lowest BCUT2D eigenvalue weighted by Crippen LogP contribution is -2.49. The fourth-order valence-corrected chi connectivity index (χ4v) is 7.10. The zero-order chi connectivity index (χ0) is 23.7. The van der Waals surface area contributed by atoms with Crippen molar-refractivity contribution in [2.24, 2.45) is 0 Å². The van der Waals surface area contributed by atoms with Crippen molar-refractivity contribution in [1.82, 2.24) is 19.9 Å². The van der Waals surface area contributed by atoms with E-state index in [1.807, 2.05) is 0 Å². The molecule has 0 spiro atoms. The first-order valence-corrected chi connectivity index (χ1v) is 13.2. The Morgan fingerprint density at radius 1 is 1.18 bits per heavy atom. The predicted octanol–water partition coefficient (Wildman–Crippen LogP) is 3.42. The van der Waals surface area contributed by atoms with Crippen molar-refractivity contribution in [2.75, 3.05) is 16.8 Å². The van der Waals surface area contributed by atoms with Gasteiger partial charge in [0, 0.05) is 30.4 Å². The summed E-state index contributed by atoms with van der Waals surface area (Å²) in [6.45, 7) is -0.137. The van der Waals surface area contributed by atoms with Gasteiger partial charge in [0.05, 0.1) is 29.3 Å². The molecule has 0 aromatic carbocycles. The molecule has 12 heteroatoms. The lowest BCUT2D eigenvalue weighted by molar-refractivity contribution is 0.104. The van der Waals surface area contributed by atoms with Gasteiger partial charge in [-0.15, -0.1) is 0 Å². The quantitative estimate of drug-likeness (QED) is 0.630. The number of halogens is 3. The molecule has 3 aliphatic heterocycles. The topological polar surface area (TPSA) is 104 Å².